The van der Waals surface area contributed by atoms with Gasteiger partial charge in [0, 0.05) is 31.2 Å². The van der Waals surface area contributed by atoms with Gasteiger partial charge in [-0.3, -0.25) is 14.6 Å². The molecule has 6 heteroatoms. The SMILES string of the molecule is O=C(c1c[nH]c(=O)c(Cl)c1)N1CCC[C@H](Cc2ccccn2)C1. The number of nitrogens with one attached hydrogen (secondary N) is 1. The zero-order valence-electron chi connectivity index (χ0n) is 12.7. The number of carbonyl (C=O) groups is 1. The Balaban J connectivity index is 1.69. The van der Waals surface area contributed by atoms with E-state index in [4.69, 9.17) is 11.6 Å². The van der Waals surface area contributed by atoms with Gasteiger partial charge in [-0.25, -0.2) is 0 Å². The van der Waals surface area contributed by atoms with Gasteiger partial charge in [-0.15, -0.1) is 0 Å². The number of carbonyl (C=O) groups excluding carboxylic acids is 1. The van der Waals surface area contributed by atoms with E-state index in [9.17, 15) is 9.59 Å². The fraction of sp³-hybridized carbons (Fsp3) is 0.353. The fourth-order valence-electron chi connectivity index (χ4n) is 2.99. The summed E-state index contributed by atoms with van der Waals surface area (Å²) in [4.78, 5) is 32.6. The van der Waals surface area contributed by atoms with Crippen molar-refractivity contribution in [2.45, 2.75) is 19.3 Å². The number of piperidine rings is 1. The van der Waals surface area contributed by atoms with Crippen molar-refractivity contribution in [3.8, 4) is 0 Å². The highest BCUT2D eigenvalue weighted by atomic mass is 35.5. The summed E-state index contributed by atoms with van der Waals surface area (Å²) in [6.45, 7) is 1.43. The van der Waals surface area contributed by atoms with Crippen LogP contribution in [0.4, 0.5) is 0 Å². The van der Waals surface area contributed by atoms with E-state index in [1.165, 1.54) is 12.3 Å². The Morgan fingerprint density at radius 1 is 1.43 bits per heavy atom. The molecule has 3 rings (SSSR count). The van der Waals surface area contributed by atoms with Crippen LogP contribution in [0.2, 0.25) is 5.02 Å². The molecule has 1 aliphatic rings. The van der Waals surface area contributed by atoms with Crippen LogP contribution in [0.25, 0.3) is 0 Å². The molecule has 0 aliphatic carbocycles. The maximum atomic E-state index is 12.6. The highest BCUT2D eigenvalue weighted by molar-refractivity contribution is 6.30. The van der Waals surface area contributed by atoms with Gasteiger partial charge < -0.3 is 9.88 Å². The van der Waals surface area contributed by atoms with E-state index in [2.05, 4.69) is 9.97 Å². The van der Waals surface area contributed by atoms with Gasteiger partial charge in [0.2, 0.25) is 0 Å². The normalized spacial score (nSPS) is 18.0. The standard InChI is InChI=1S/C17H18ClN3O2/c18-15-9-13(10-20-16(15)22)17(23)21-7-3-4-12(11-21)8-14-5-1-2-6-19-14/h1-2,5-6,9-10,12H,3-4,7-8,11H2,(H,20,22)/t12-/m1/s1. The molecule has 2 aromatic rings. The third kappa shape index (κ3) is 3.79. The van der Waals surface area contributed by atoms with Crippen molar-refractivity contribution in [3.05, 3.63) is 63.3 Å². The van der Waals surface area contributed by atoms with Crippen LogP contribution >= 0.6 is 11.6 Å². The molecule has 23 heavy (non-hydrogen) atoms. The van der Waals surface area contributed by atoms with Crippen LogP contribution in [-0.2, 0) is 6.42 Å². The summed E-state index contributed by atoms with van der Waals surface area (Å²) in [5.74, 6) is 0.315. The number of halogens is 1. The topological polar surface area (TPSA) is 66.1 Å². The molecule has 0 radical (unpaired) electrons. The first-order chi connectivity index (χ1) is 11.1. The lowest BCUT2D eigenvalue weighted by atomic mass is 9.93. The van der Waals surface area contributed by atoms with E-state index in [-0.39, 0.29) is 16.5 Å². The monoisotopic (exact) mass is 331 g/mol. The number of hydrogen-bond acceptors (Lipinski definition) is 3. The van der Waals surface area contributed by atoms with Gasteiger partial charge in [0.15, 0.2) is 0 Å². The van der Waals surface area contributed by atoms with E-state index in [0.29, 0.717) is 18.0 Å². The molecule has 1 N–H and O–H groups in total. The van der Waals surface area contributed by atoms with Crippen molar-refractivity contribution in [2.75, 3.05) is 13.1 Å². The molecular formula is C17H18ClN3O2. The summed E-state index contributed by atoms with van der Waals surface area (Å²) in [6.07, 6.45) is 6.16. The molecule has 5 nitrogen and oxygen atoms in total. The Morgan fingerprint density at radius 2 is 2.30 bits per heavy atom. The van der Waals surface area contributed by atoms with Crippen LogP contribution in [0.3, 0.4) is 0 Å². The van der Waals surface area contributed by atoms with Gasteiger partial charge in [0.1, 0.15) is 5.02 Å². The molecular weight excluding hydrogens is 314 g/mol. The summed E-state index contributed by atoms with van der Waals surface area (Å²) >= 11 is 5.81. The Hall–Kier alpha value is -2.14. The Labute approximate surface area is 139 Å². The minimum absolute atomic E-state index is 0.0397. The van der Waals surface area contributed by atoms with Crippen LogP contribution < -0.4 is 5.56 Å². The second kappa shape index (κ2) is 6.96. The largest absolute Gasteiger partial charge is 0.338 e. The number of amides is 1. The molecule has 0 bridgehead atoms. The second-order valence-electron chi connectivity index (χ2n) is 5.85. The Bertz CT molecular complexity index is 745. The average Bonchev–Trinajstić information content (AvgIpc) is 2.58. The number of rotatable bonds is 3. The molecule has 0 spiro atoms. The van der Waals surface area contributed by atoms with E-state index in [0.717, 1.165) is 31.5 Å². The van der Waals surface area contributed by atoms with E-state index in [1.807, 2.05) is 23.1 Å². The zero-order chi connectivity index (χ0) is 16.2. The number of aromatic amines is 1. The van der Waals surface area contributed by atoms with Gasteiger partial charge >= 0.3 is 0 Å². The number of nitrogens with zero attached hydrogens (tertiary/aromatic N) is 2. The molecule has 1 amide bonds. The summed E-state index contributed by atoms with van der Waals surface area (Å²) < 4.78 is 0. The van der Waals surface area contributed by atoms with Gasteiger partial charge in [-0.05, 0) is 43.4 Å². The predicted octanol–water partition coefficient (Wildman–Crippen LogP) is 2.52. The maximum Gasteiger partial charge on any atom is 0.266 e. The summed E-state index contributed by atoms with van der Waals surface area (Å²) in [5, 5.41) is 0.0397. The lowest BCUT2D eigenvalue weighted by Gasteiger charge is -2.32. The van der Waals surface area contributed by atoms with Crippen molar-refractivity contribution in [2.24, 2.45) is 5.92 Å². The van der Waals surface area contributed by atoms with Gasteiger partial charge in [-0.2, -0.15) is 0 Å². The van der Waals surface area contributed by atoms with Crippen LogP contribution in [0.15, 0.2) is 41.5 Å². The summed E-state index contributed by atoms with van der Waals surface area (Å²) in [6, 6.07) is 7.34. The lowest BCUT2D eigenvalue weighted by molar-refractivity contribution is 0.0672. The van der Waals surface area contributed by atoms with Crippen LogP contribution in [0.5, 0.6) is 0 Å². The first-order valence-electron chi connectivity index (χ1n) is 7.71. The molecule has 0 aromatic carbocycles. The molecule has 120 valence electrons. The van der Waals surface area contributed by atoms with Gasteiger partial charge in [0.25, 0.3) is 11.5 Å². The lowest BCUT2D eigenvalue weighted by Crippen LogP contribution is -2.40. The number of pyridine rings is 2. The van der Waals surface area contributed by atoms with Crippen molar-refractivity contribution >= 4 is 17.5 Å². The Kier molecular flexibility index (Phi) is 4.76. The molecule has 0 saturated carbocycles. The third-order valence-corrected chi connectivity index (χ3v) is 4.42. The van der Waals surface area contributed by atoms with E-state index in [1.54, 1.807) is 6.20 Å². The number of likely N-dealkylation sites (tertiary alicyclic amines) is 1. The second-order valence-corrected chi connectivity index (χ2v) is 6.26. The predicted molar refractivity (Wildman–Crippen MR) is 88.6 cm³/mol. The van der Waals surface area contributed by atoms with Crippen LogP contribution in [0, 0.1) is 5.92 Å². The number of H-pyrrole nitrogens is 1. The molecule has 1 saturated heterocycles. The van der Waals surface area contributed by atoms with Crippen molar-refractivity contribution in [1.82, 2.24) is 14.9 Å². The molecule has 1 fully saturated rings. The minimum atomic E-state index is -0.380. The van der Waals surface area contributed by atoms with E-state index >= 15 is 0 Å². The quantitative estimate of drug-likeness (QED) is 0.939. The van der Waals surface area contributed by atoms with Crippen molar-refractivity contribution in [1.29, 1.82) is 0 Å². The minimum Gasteiger partial charge on any atom is -0.338 e. The highest BCUT2D eigenvalue weighted by Gasteiger charge is 2.25. The van der Waals surface area contributed by atoms with Crippen LogP contribution in [0.1, 0.15) is 28.9 Å². The zero-order valence-corrected chi connectivity index (χ0v) is 13.4. The summed E-state index contributed by atoms with van der Waals surface area (Å²) in [5.41, 5.74) is 1.10. The van der Waals surface area contributed by atoms with Crippen molar-refractivity contribution < 1.29 is 4.79 Å². The average molecular weight is 332 g/mol. The van der Waals surface area contributed by atoms with E-state index < -0.39 is 0 Å². The molecule has 2 aromatic heterocycles. The summed E-state index contributed by atoms with van der Waals surface area (Å²) in [7, 11) is 0. The highest BCUT2D eigenvalue weighted by Crippen LogP contribution is 2.21. The maximum absolute atomic E-state index is 12.6. The van der Waals surface area contributed by atoms with Crippen molar-refractivity contribution in [3.63, 3.8) is 0 Å². The first kappa shape index (κ1) is 15.7. The smallest absolute Gasteiger partial charge is 0.266 e. The number of hydrogen-bond donors (Lipinski definition) is 1. The van der Waals surface area contributed by atoms with Gasteiger partial charge in [-0.1, -0.05) is 17.7 Å². The Morgan fingerprint density at radius 3 is 3.04 bits per heavy atom. The van der Waals surface area contributed by atoms with Gasteiger partial charge in [0.05, 0.1) is 5.56 Å². The molecule has 1 atom stereocenters. The molecule has 3 heterocycles. The fourth-order valence-corrected chi connectivity index (χ4v) is 3.16. The molecule has 1 aliphatic heterocycles. The number of aromatic nitrogens is 2. The first-order valence-corrected chi connectivity index (χ1v) is 8.08. The molecule has 0 unspecified atom stereocenters. The van der Waals surface area contributed by atoms with Crippen LogP contribution in [-0.4, -0.2) is 33.9 Å². The third-order valence-electron chi connectivity index (χ3n) is 4.14.